The van der Waals surface area contributed by atoms with Crippen LogP contribution in [0.1, 0.15) is 17.3 Å². The van der Waals surface area contributed by atoms with Crippen molar-refractivity contribution in [2.45, 2.75) is 6.92 Å². The molecule has 3 amide bonds. The van der Waals surface area contributed by atoms with Crippen LogP contribution in [0.4, 0.5) is 0 Å². The maximum atomic E-state index is 12.3. The summed E-state index contributed by atoms with van der Waals surface area (Å²) in [5.74, 6) is -1.54. The lowest BCUT2D eigenvalue weighted by atomic mass is 10.2. The number of hydrogen-bond acceptors (Lipinski definition) is 3. The topological polar surface area (TPSA) is 83.7 Å². The lowest BCUT2D eigenvalue weighted by Gasteiger charge is -2.26. The maximum Gasteiger partial charge on any atom is 0.272 e. The van der Waals surface area contributed by atoms with Gasteiger partial charge in [0.25, 0.3) is 5.91 Å². The van der Waals surface area contributed by atoms with Crippen molar-refractivity contribution in [3.63, 3.8) is 0 Å². The number of amides is 3. The molecule has 1 aromatic carbocycles. The number of nitrogens with two attached hydrogens (primary N) is 1. The van der Waals surface area contributed by atoms with Crippen molar-refractivity contribution < 1.29 is 14.4 Å². The van der Waals surface area contributed by atoms with E-state index in [9.17, 15) is 14.4 Å². The molecule has 100 valence electrons. The van der Waals surface area contributed by atoms with E-state index in [1.165, 1.54) is 5.01 Å². The molecule has 1 heterocycles. The highest BCUT2D eigenvalue weighted by Crippen LogP contribution is 2.20. The van der Waals surface area contributed by atoms with E-state index in [1.54, 1.807) is 37.3 Å². The minimum Gasteiger partial charge on any atom is -0.368 e. The Kier molecular flexibility index (Phi) is 3.50. The van der Waals surface area contributed by atoms with Crippen LogP contribution < -0.4 is 5.73 Å². The minimum atomic E-state index is -0.645. The highest BCUT2D eigenvalue weighted by molar-refractivity contribution is 5.98. The lowest BCUT2D eigenvalue weighted by molar-refractivity contribution is -0.141. The smallest absolute Gasteiger partial charge is 0.272 e. The van der Waals surface area contributed by atoms with E-state index in [-0.39, 0.29) is 30.8 Å². The van der Waals surface area contributed by atoms with E-state index in [4.69, 9.17) is 5.73 Å². The van der Waals surface area contributed by atoms with Gasteiger partial charge in [-0.1, -0.05) is 25.1 Å². The molecule has 1 atom stereocenters. The Morgan fingerprint density at radius 3 is 2.53 bits per heavy atom. The number of rotatable bonds is 3. The zero-order chi connectivity index (χ0) is 14.0. The highest BCUT2D eigenvalue weighted by Gasteiger charge is 2.39. The molecule has 1 aromatic rings. The van der Waals surface area contributed by atoms with Gasteiger partial charge in [0.15, 0.2) is 0 Å². The SMILES string of the molecule is CC1CN(C(=O)c2ccccc2)N(CC(N)=O)C1=O. The number of nitrogens with zero attached hydrogens (tertiary/aromatic N) is 2. The minimum absolute atomic E-state index is 0.261. The first-order valence-electron chi connectivity index (χ1n) is 5.97. The molecule has 0 aromatic heterocycles. The summed E-state index contributed by atoms with van der Waals surface area (Å²) in [6, 6.07) is 8.62. The summed E-state index contributed by atoms with van der Waals surface area (Å²) in [5.41, 5.74) is 5.58. The predicted molar refractivity (Wildman–Crippen MR) is 67.5 cm³/mol. The van der Waals surface area contributed by atoms with E-state index in [2.05, 4.69) is 0 Å². The van der Waals surface area contributed by atoms with Gasteiger partial charge in [-0.2, -0.15) is 0 Å². The van der Waals surface area contributed by atoms with Crippen molar-refractivity contribution in [2.75, 3.05) is 13.1 Å². The second-order valence-corrected chi connectivity index (χ2v) is 4.52. The number of primary amides is 1. The van der Waals surface area contributed by atoms with Crippen LogP contribution in [0.5, 0.6) is 0 Å². The van der Waals surface area contributed by atoms with Crippen LogP contribution >= 0.6 is 0 Å². The summed E-state index contributed by atoms with van der Waals surface area (Å²) in [6.07, 6.45) is 0. The lowest BCUT2D eigenvalue weighted by Crippen LogP contribution is -2.47. The standard InChI is InChI=1S/C13H15N3O3/c1-9-7-15(16(12(9)18)8-11(14)17)13(19)10-5-3-2-4-6-10/h2-6,9H,7-8H2,1H3,(H2,14,17). The molecule has 6 nitrogen and oxygen atoms in total. The summed E-state index contributed by atoms with van der Waals surface area (Å²) in [7, 11) is 0. The van der Waals surface area contributed by atoms with Gasteiger partial charge in [0, 0.05) is 5.56 Å². The zero-order valence-corrected chi connectivity index (χ0v) is 10.6. The molecule has 1 saturated heterocycles. The van der Waals surface area contributed by atoms with Gasteiger partial charge in [-0.15, -0.1) is 0 Å². The molecule has 1 aliphatic heterocycles. The van der Waals surface area contributed by atoms with Crippen LogP contribution in [0.25, 0.3) is 0 Å². The number of carbonyl (C=O) groups excluding carboxylic acids is 3. The third kappa shape index (κ3) is 2.57. The zero-order valence-electron chi connectivity index (χ0n) is 10.6. The van der Waals surface area contributed by atoms with Gasteiger partial charge in [-0.3, -0.25) is 14.4 Å². The van der Waals surface area contributed by atoms with Crippen molar-refractivity contribution in [2.24, 2.45) is 11.7 Å². The molecule has 2 rings (SSSR count). The van der Waals surface area contributed by atoms with Crippen molar-refractivity contribution in [3.8, 4) is 0 Å². The van der Waals surface area contributed by atoms with Crippen LogP contribution in [-0.2, 0) is 9.59 Å². The maximum absolute atomic E-state index is 12.3. The van der Waals surface area contributed by atoms with Gasteiger partial charge in [-0.05, 0) is 12.1 Å². The van der Waals surface area contributed by atoms with Crippen LogP contribution in [0.2, 0.25) is 0 Å². The third-order valence-electron chi connectivity index (χ3n) is 2.97. The van der Waals surface area contributed by atoms with Crippen molar-refractivity contribution in [3.05, 3.63) is 35.9 Å². The molecule has 0 saturated carbocycles. The summed E-state index contributed by atoms with van der Waals surface area (Å²) in [5, 5.41) is 2.41. The predicted octanol–water partition coefficient (Wildman–Crippen LogP) is 0.00740. The molecule has 19 heavy (non-hydrogen) atoms. The summed E-state index contributed by atoms with van der Waals surface area (Å²) in [6.45, 7) is 1.70. The van der Waals surface area contributed by atoms with Gasteiger partial charge in [-0.25, -0.2) is 10.0 Å². The van der Waals surface area contributed by atoms with Crippen LogP contribution in [0.15, 0.2) is 30.3 Å². The fourth-order valence-electron chi connectivity index (χ4n) is 2.04. The molecule has 1 fully saturated rings. The van der Waals surface area contributed by atoms with Crippen LogP contribution in [0, 0.1) is 5.92 Å². The quantitative estimate of drug-likeness (QED) is 0.831. The number of hydrazine groups is 1. The van der Waals surface area contributed by atoms with Gasteiger partial charge in [0.05, 0.1) is 12.5 Å². The van der Waals surface area contributed by atoms with Gasteiger partial charge in [0.1, 0.15) is 6.54 Å². The van der Waals surface area contributed by atoms with Crippen LogP contribution in [-0.4, -0.2) is 40.8 Å². The summed E-state index contributed by atoms with van der Waals surface area (Å²) >= 11 is 0. The third-order valence-corrected chi connectivity index (χ3v) is 2.97. The van der Waals surface area contributed by atoms with E-state index in [0.29, 0.717) is 5.56 Å². The average Bonchev–Trinajstić information content (AvgIpc) is 2.67. The molecule has 0 spiro atoms. The number of benzene rings is 1. The molecule has 0 bridgehead atoms. The molecule has 1 unspecified atom stereocenters. The largest absolute Gasteiger partial charge is 0.368 e. The first-order valence-corrected chi connectivity index (χ1v) is 5.97. The second kappa shape index (κ2) is 5.09. The van der Waals surface area contributed by atoms with E-state index < -0.39 is 5.91 Å². The fraction of sp³-hybridized carbons (Fsp3) is 0.308. The molecule has 6 heteroatoms. The molecule has 2 N–H and O–H groups in total. The van der Waals surface area contributed by atoms with Crippen molar-refractivity contribution >= 4 is 17.7 Å². The first-order chi connectivity index (χ1) is 9.00. The van der Waals surface area contributed by atoms with Crippen LogP contribution in [0.3, 0.4) is 0 Å². The van der Waals surface area contributed by atoms with Crippen molar-refractivity contribution in [1.82, 2.24) is 10.0 Å². The Bertz CT molecular complexity index is 515. The fourth-order valence-corrected chi connectivity index (χ4v) is 2.04. The monoisotopic (exact) mass is 261 g/mol. The number of carbonyl (C=O) groups is 3. The van der Waals surface area contributed by atoms with Crippen molar-refractivity contribution in [1.29, 1.82) is 0 Å². The van der Waals surface area contributed by atoms with E-state index >= 15 is 0 Å². The Morgan fingerprint density at radius 1 is 1.32 bits per heavy atom. The molecular weight excluding hydrogens is 246 g/mol. The van der Waals surface area contributed by atoms with Gasteiger partial charge >= 0.3 is 0 Å². The van der Waals surface area contributed by atoms with Gasteiger partial charge in [0.2, 0.25) is 11.8 Å². The Morgan fingerprint density at radius 2 is 1.95 bits per heavy atom. The second-order valence-electron chi connectivity index (χ2n) is 4.52. The normalized spacial score (nSPS) is 18.8. The first kappa shape index (κ1) is 13.1. The molecule has 0 radical (unpaired) electrons. The summed E-state index contributed by atoms with van der Waals surface area (Å²) in [4.78, 5) is 35.2. The van der Waals surface area contributed by atoms with Gasteiger partial charge < -0.3 is 5.73 Å². The number of hydrogen-bond donors (Lipinski definition) is 1. The highest BCUT2D eigenvalue weighted by atomic mass is 16.2. The molecule has 0 aliphatic carbocycles. The Balaban J connectivity index is 2.24. The Labute approximate surface area is 110 Å². The van der Waals surface area contributed by atoms with E-state index in [1.807, 2.05) is 0 Å². The summed E-state index contributed by atoms with van der Waals surface area (Å²) < 4.78 is 0. The Hall–Kier alpha value is -2.37. The van der Waals surface area contributed by atoms with E-state index in [0.717, 1.165) is 5.01 Å². The average molecular weight is 261 g/mol. The molecular formula is C13H15N3O3. The molecule has 1 aliphatic rings.